The summed E-state index contributed by atoms with van der Waals surface area (Å²) in [5.74, 6) is 0.577. The molecule has 250 valence electrons. The standard InChI is InChI=1S/C34H59N5O5/c1-6-7-8-9-10-11-12-16-19-22-25-39(27(2)40)26-29(44-28(3)41)23-20-17-14-13-15-18-21-24-30-35-32-31(37(30)4)33(42)36-34(43)38(32)5/h29H,6-26H2,1-5H3,(H,36,42,43). The molecule has 2 aromatic rings. The minimum absolute atomic E-state index is 0.0487. The SMILES string of the molecule is CCCCCCCCCCCCN(CC(CCCCCCCCCc1nc2c(c(=O)[nH]c(=O)n2C)n1C)OC(C)=O)C(C)=O. The van der Waals surface area contributed by atoms with Crippen LogP contribution in [0.25, 0.3) is 11.2 Å². The van der Waals surface area contributed by atoms with Crippen molar-refractivity contribution in [2.75, 3.05) is 13.1 Å². The van der Waals surface area contributed by atoms with Gasteiger partial charge in [0.15, 0.2) is 11.2 Å². The molecule has 2 heterocycles. The van der Waals surface area contributed by atoms with E-state index in [2.05, 4.69) is 16.9 Å². The minimum atomic E-state index is -0.452. The zero-order valence-electron chi connectivity index (χ0n) is 28.3. The van der Waals surface area contributed by atoms with E-state index in [4.69, 9.17) is 4.74 Å². The van der Waals surface area contributed by atoms with Crippen molar-refractivity contribution >= 4 is 23.0 Å². The maximum absolute atomic E-state index is 12.3. The molecule has 0 aliphatic heterocycles. The first-order valence-electron chi connectivity index (χ1n) is 17.2. The Morgan fingerprint density at radius 1 is 0.795 bits per heavy atom. The third-order valence-electron chi connectivity index (χ3n) is 8.64. The first kappa shape index (κ1) is 37.3. The van der Waals surface area contributed by atoms with Crippen LogP contribution in [-0.2, 0) is 34.8 Å². The van der Waals surface area contributed by atoms with Gasteiger partial charge in [0.05, 0.1) is 6.54 Å². The Kier molecular flexibility index (Phi) is 17.7. The van der Waals surface area contributed by atoms with Crippen LogP contribution in [0, 0.1) is 0 Å². The van der Waals surface area contributed by atoms with Gasteiger partial charge in [-0.3, -0.25) is 23.9 Å². The quantitative estimate of drug-likeness (QED) is 0.109. The second-order valence-electron chi connectivity index (χ2n) is 12.5. The lowest BCUT2D eigenvalue weighted by atomic mass is 10.0. The van der Waals surface area contributed by atoms with Crippen molar-refractivity contribution in [3.63, 3.8) is 0 Å². The number of aryl methyl sites for hydroxylation is 3. The molecule has 1 unspecified atom stereocenters. The number of hydrogen-bond donors (Lipinski definition) is 1. The first-order chi connectivity index (χ1) is 21.1. The van der Waals surface area contributed by atoms with Crippen LogP contribution in [0.3, 0.4) is 0 Å². The zero-order chi connectivity index (χ0) is 32.3. The summed E-state index contributed by atoms with van der Waals surface area (Å²) >= 11 is 0. The maximum atomic E-state index is 12.3. The van der Waals surface area contributed by atoms with Crippen LogP contribution in [0.1, 0.15) is 142 Å². The molecule has 0 radical (unpaired) electrons. The molecular weight excluding hydrogens is 558 g/mol. The van der Waals surface area contributed by atoms with E-state index in [9.17, 15) is 19.2 Å². The Morgan fingerprint density at radius 3 is 1.91 bits per heavy atom. The fourth-order valence-electron chi connectivity index (χ4n) is 5.95. The molecule has 0 fully saturated rings. The van der Waals surface area contributed by atoms with E-state index < -0.39 is 11.2 Å². The van der Waals surface area contributed by atoms with Gasteiger partial charge in [0.25, 0.3) is 5.56 Å². The highest BCUT2D eigenvalue weighted by atomic mass is 16.5. The van der Waals surface area contributed by atoms with Crippen molar-refractivity contribution in [2.24, 2.45) is 14.1 Å². The van der Waals surface area contributed by atoms with Crippen molar-refractivity contribution in [1.29, 1.82) is 0 Å². The number of imidazole rings is 1. The van der Waals surface area contributed by atoms with E-state index in [1.54, 1.807) is 18.5 Å². The number of nitrogens with zero attached hydrogens (tertiary/aromatic N) is 4. The summed E-state index contributed by atoms with van der Waals surface area (Å²) in [6.45, 7) is 6.51. The monoisotopic (exact) mass is 617 g/mol. The molecule has 1 amide bonds. The van der Waals surface area contributed by atoms with Gasteiger partial charge in [-0.25, -0.2) is 9.78 Å². The number of amides is 1. The number of ether oxygens (including phenoxy) is 1. The molecule has 1 N–H and O–H groups in total. The predicted octanol–water partition coefficient (Wildman–Crippen LogP) is 6.32. The van der Waals surface area contributed by atoms with Gasteiger partial charge in [-0.05, 0) is 25.7 Å². The Balaban J connectivity index is 1.62. The van der Waals surface area contributed by atoms with Gasteiger partial charge in [-0.2, -0.15) is 0 Å². The molecule has 2 aromatic heterocycles. The average molecular weight is 618 g/mol. The third kappa shape index (κ3) is 13.4. The summed E-state index contributed by atoms with van der Waals surface area (Å²) < 4.78 is 8.77. The van der Waals surface area contributed by atoms with E-state index in [0.717, 1.165) is 83.0 Å². The second-order valence-corrected chi connectivity index (χ2v) is 12.5. The summed E-state index contributed by atoms with van der Waals surface area (Å²) in [6, 6.07) is 0. The number of esters is 1. The first-order valence-corrected chi connectivity index (χ1v) is 17.2. The van der Waals surface area contributed by atoms with Gasteiger partial charge >= 0.3 is 11.7 Å². The van der Waals surface area contributed by atoms with Gasteiger partial charge in [-0.1, -0.05) is 96.8 Å². The van der Waals surface area contributed by atoms with E-state index in [1.807, 2.05) is 11.9 Å². The molecule has 2 rings (SSSR count). The lowest BCUT2D eigenvalue weighted by Crippen LogP contribution is -2.38. The predicted molar refractivity (Wildman–Crippen MR) is 177 cm³/mol. The lowest BCUT2D eigenvalue weighted by Gasteiger charge is -2.26. The van der Waals surface area contributed by atoms with E-state index in [1.165, 1.54) is 62.9 Å². The number of nitrogens with one attached hydrogen (secondary N) is 1. The highest BCUT2D eigenvalue weighted by Gasteiger charge is 2.19. The molecule has 0 bridgehead atoms. The van der Waals surface area contributed by atoms with Gasteiger partial charge in [-0.15, -0.1) is 0 Å². The van der Waals surface area contributed by atoms with Crippen molar-refractivity contribution in [3.8, 4) is 0 Å². The Bertz CT molecular complexity index is 1250. The van der Waals surface area contributed by atoms with Crippen LogP contribution in [0.2, 0.25) is 0 Å². The molecule has 10 nitrogen and oxygen atoms in total. The molecular formula is C34H59N5O5. The minimum Gasteiger partial charge on any atom is -0.461 e. The number of carbonyl (C=O) groups excluding carboxylic acids is 2. The Morgan fingerprint density at radius 2 is 1.34 bits per heavy atom. The molecule has 0 spiro atoms. The molecule has 0 saturated carbocycles. The lowest BCUT2D eigenvalue weighted by molar-refractivity contribution is -0.149. The molecule has 1 atom stereocenters. The zero-order valence-corrected chi connectivity index (χ0v) is 28.3. The van der Waals surface area contributed by atoms with Gasteiger partial charge in [0.2, 0.25) is 5.91 Å². The van der Waals surface area contributed by atoms with E-state index in [-0.39, 0.29) is 18.0 Å². The molecule has 0 aliphatic carbocycles. The Hall–Kier alpha value is -2.91. The average Bonchev–Trinajstić information content (AvgIpc) is 3.31. The van der Waals surface area contributed by atoms with Crippen molar-refractivity contribution < 1.29 is 14.3 Å². The van der Waals surface area contributed by atoms with Gasteiger partial charge in [0.1, 0.15) is 11.9 Å². The molecule has 0 saturated heterocycles. The highest BCUT2D eigenvalue weighted by molar-refractivity contribution is 5.73. The summed E-state index contributed by atoms with van der Waals surface area (Å²) in [5, 5.41) is 0. The third-order valence-corrected chi connectivity index (χ3v) is 8.64. The topological polar surface area (TPSA) is 119 Å². The Labute approximate surface area is 264 Å². The number of unbranched alkanes of at least 4 members (excludes halogenated alkanes) is 15. The van der Waals surface area contributed by atoms with Crippen LogP contribution < -0.4 is 11.2 Å². The van der Waals surface area contributed by atoms with Crippen LogP contribution in [0.4, 0.5) is 0 Å². The number of hydrogen-bond acceptors (Lipinski definition) is 6. The number of fused-ring (bicyclic) bond motifs is 1. The van der Waals surface area contributed by atoms with Crippen LogP contribution in [0.5, 0.6) is 0 Å². The number of aromatic nitrogens is 4. The van der Waals surface area contributed by atoms with Crippen LogP contribution in [-0.4, -0.2) is 55.1 Å². The maximum Gasteiger partial charge on any atom is 0.329 e. The van der Waals surface area contributed by atoms with Crippen LogP contribution in [0.15, 0.2) is 9.59 Å². The largest absolute Gasteiger partial charge is 0.461 e. The number of H-pyrrole nitrogens is 1. The molecule has 0 aromatic carbocycles. The fourth-order valence-corrected chi connectivity index (χ4v) is 5.95. The molecule has 0 aliphatic rings. The summed E-state index contributed by atoms with van der Waals surface area (Å²) in [7, 11) is 3.44. The van der Waals surface area contributed by atoms with Gasteiger partial charge < -0.3 is 14.2 Å². The van der Waals surface area contributed by atoms with Crippen molar-refractivity contribution in [1.82, 2.24) is 24.0 Å². The second kappa shape index (κ2) is 20.9. The smallest absolute Gasteiger partial charge is 0.329 e. The normalized spacial score (nSPS) is 12.1. The molecule has 44 heavy (non-hydrogen) atoms. The number of rotatable bonds is 24. The summed E-state index contributed by atoms with van der Waals surface area (Å²) in [4.78, 5) is 56.9. The van der Waals surface area contributed by atoms with E-state index in [0.29, 0.717) is 17.7 Å². The highest BCUT2D eigenvalue weighted by Crippen LogP contribution is 2.16. The summed E-state index contributed by atoms with van der Waals surface area (Å²) in [5.41, 5.74) is 0.00291. The summed E-state index contributed by atoms with van der Waals surface area (Å²) in [6.07, 6.45) is 21.3. The van der Waals surface area contributed by atoms with Gasteiger partial charge in [0, 0.05) is 40.9 Å². The number of aromatic amines is 1. The van der Waals surface area contributed by atoms with Crippen molar-refractivity contribution in [2.45, 2.75) is 149 Å². The van der Waals surface area contributed by atoms with E-state index >= 15 is 0 Å². The van der Waals surface area contributed by atoms with Crippen LogP contribution >= 0.6 is 0 Å². The fraction of sp³-hybridized carbons (Fsp3) is 0.794. The number of carbonyl (C=O) groups is 2. The molecule has 10 heteroatoms. The van der Waals surface area contributed by atoms with Crippen molar-refractivity contribution in [3.05, 3.63) is 26.7 Å².